The molecule has 0 saturated heterocycles. The second-order valence-electron chi connectivity index (χ2n) is 4.12. The van der Waals surface area contributed by atoms with E-state index in [1.54, 1.807) is 0 Å². The molecule has 2 nitrogen and oxygen atoms in total. The number of rotatable bonds is 4. The molecule has 0 aliphatic heterocycles. The highest BCUT2D eigenvalue weighted by molar-refractivity contribution is 5.19. The van der Waals surface area contributed by atoms with Gasteiger partial charge >= 0.3 is 0 Å². The first-order valence-corrected chi connectivity index (χ1v) is 5.74. The zero-order chi connectivity index (χ0) is 11.4. The van der Waals surface area contributed by atoms with Crippen molar-refractivity contribution >= 4 is 0 Å². The molecule has 1 aromatic heterocycles. The van der Waals surface area contributed by atoms with Crippen LogP contribution in [0.3, 0.4) is 0 Å². The van der Waals surface area contributed by atoms with Gasteiger partial charge in [0.05, 0.1) is 0 Å². The highest BCUT2D eigenvalue weighted by Crippen LogP contribution is 2.14. The molecule has 0 unspecified atom stereocenters. The van der Waals surface area contributed by atoms with E-state index in [9.17, 15) is 0 Å². The standard InChI is InChI=1S/C14H18N2/c1-2-14(15)13-8-9-16(11-13)10-12-6-4-3-5-7-12/h3-9,11,14H,2,10,15H2,1H3/t14-/m1/s1. The van der Waals surface area contributed by atoms with E-state index in [2.05, 4.69) is 54.2 Å². The molecule has 2 heteroatoms. The molecule has 0 spiro atoms. The Bertz CT molecular complexity index is 431. The second kappa shape index (κ2) is 4.99. The van der Waals surface area contributed by atoms with Gasteiger partial charge < -0.3 is 10.3 Å². The highest BCUT2D eigenvalue weighted by Gasteiger charge is 2.04. The maximum Gasteiger partial charge on any atom is 0.0470 e. The molecule has 1 heterocycles. The van der Waals surface area contributed by atoms with Gasteiger partial charge in [0.2, 0.25) is 0 Å². The van der Waals surface area contributed by atoms with Crippen molar-refractivity contribution in [2.75, 3.05) is 0 Å². The van der Waals surface area contributed by atoms with Crippen LogP contribution in [0.15, 0.2) is 48.8 Å². The summed E-state index contributed by atoms with van der Waals surface area (Å²) in [6.45, 7) is 3.02. The summed E-state index contributed by atoms with van der Waals surface area (Å²) in [4.78, 5) is 0. The van der Waals surface area contributed by atoms with Gasteiger partial charge in [0.1, 0.15) is 0 Å². The van der Waals surface area contributed by atoms with Crippen molar-refractivity contribution in [1.29, 1.82) is 0 Å². The van der Waals surface area contributed by atoms with Gasteiger partial charge in [0, 0.05) is 25.0 Å². The van der Waals surface area contributed by atoms with Crippen LogP contribution in [0.4, 0.5) is 0 Å². The normalized spacial score (nSPS) is 12.6. The molecular weight excluding hydrogens is 196 g/mol. The smallest absolute Gasteiger partial charge is 0.0470 e. The van der Waals surface area contributed by atoms with Crippen molar-refractivity contribution < 1.29 is 0 Å². The van der Waals surface area contributed by atoms with Crippen molar-refractivity contribution in [1.82, 2.24) is 4.57 Å². The van der Waals surface area contributed by atoms with Gasteiger partial charge in [-0.3, -0.25) is 0 Å². The minimum atomic E-state index is 0.164. The number of aromatic nitrogens is 1. The Balaban J connectivity index is 2.09. The molecule has 0 fully saturated rings. The van der Waals surface area contributed by atoms with E-state index in [0.717, 1.165) is 13.0 Å². The first-order chi connectivity index (χ1) is 7.79. The van der Waals surface area contributed by atoms with Gasteiger partial charge in [-0.05, 0) is 23.6 Å². The molecular formula is C14H18N2. The van der Waals surface area contributed by atoms with Gasteiger partial charge in [-0.2, -0.15) is 0 Å². The molecule has 0 amide bonds. The van der Waals surface area contributed by atoms with Crippen molar-refractivity contribution in [3.8, 4) is 0 Å². The van der Waals surface area contributed by atoms with Crippen molar-refractivity contribution in [3.63, 3.8) is 0 Å². The van der Waals surface area contributed by atoms with E-state index >= 15 is 0 Å². The lowest BCUT2D eigenvalue weighted by molar-refractivity contribution is 0.693. The Labute approximate surface area is 96.7 Å². The van der Waals surface area contributed by atoms with Gasteiger partial charge in [-0.25, -0.2) is 0 Å². The Hall–Kier alpha value is -1.54. The Morgan fingerprint density at radius 1 is 1.19 bits per heavy atom. The maximum atomic E-state index is 5.99. The molecule has 84 valence electrons. The molecule has 0 aliphatic carbocycles. The average Bonchev–Trinajstić information content (AvgIpc) is 2.78. The second-order valence-corrected chi connectivity index (χ2v) is 4.12. The van der Waals surface area contributed by atoms with E-state index in [0.29, 0.717) is 0 Å². The quantitative estimate of drug-likeness (QED) is 0.833. The van der Waals surface area contributed by atoms with Crippen molar-refractivity contribution in [2.24, 2.45) is 5.73 Å². The summed E-state index contributed by atoms with van der Waals surface area (Å²) in [5, 5.41) is 0. The Morgan fingerprint density at radius 3 is 2.62 bits per heavy atom. The molecule has 2 aromatic rings. The van der Waals surface area contributed by atoms with Crippen LogP contribution in [0.2, 0.25) is 0 Å². The largest absolute Gasteiger partial charge is 0.350 e. The summed E-state index contributed by atoms with van der Waals surface area (Å²) >= 11 is 0. The van der Waals surface area contributed by atoms with Crippen LogP contribution in [0, 0.1) is 0 Å². The molecule has 2 N–H and O–H groups in total. The van der Waals surface area contributed by atoms with Crippen molar-refractivity contribution in [3.05, 3.63) is 59.9 Å². The van der Waals surface area contributed by atoms with Crippen LogP contribution in [0.1, 0.15) is 30.5 Å². The van der Waals surface area contributed by atoms with E-state index in [1.807, 2.05) is 6.07 Å². The molecule has 2 rings (SSSR count). The van der Waals surface area contributed by atoms with Gasteiger partial charge in [-0.1, -0.05) is 37.3 Å². The summed E-state index contributed by atoms with van der Waals surface area (Å²) in [6, 6.07) is 12.7. The predicted octanol–water partition coefficient (Wildman–Crippen LogP) is 2.95. The fourth-order valence-electron chi connectivity index (χ4n) is 1.81. The molecule has 0 saturated carbocycles. The van der Waals surface area contributed by atoms with Gasteiger partial charge in [-0.15, -0.1) is 0 Å². The lowest BCUT2D eigenvalue weighted by Crippen LogP contribution is -2.07. The first kappa shape index (κ1) is 11.0. The van der Waals surface area contributed by atoms with Crippen LogP contribution in [-0.2, 0) is 6.54 Å². The van der Waals surface area contributed by atoms with E-state index in [4.69, 9.17) is 5.73 Å². The molecule has 0 aliphatic rings. The summed E-state index contributed by atoms with van der Waals surface area (Å²) in [5.41, 5.74) is 8.52. The lowest BCUT2D eigenvalue weighted by Gasteiger charge is -2.06. The molecule has 1 atom stereocenters. The number of hydrogen-bond donors (Lipinski definition) is 1. The molecule has 0 bridgehead atoms. The van der Waals surface area contributed by atoms with Crippen LogP contribution in [0.25, 0.3) is 0 Å². The monoisotopic (exact) mass is 214 g/mol. The zero-order valence-corrected chi connectivity index (χ0v) is 9.63. The Kier molecular flexibility index (Phi) is 3.42. The highest BCUT2D eigenvalue weighted by atomic mass is 14.9. The third kappa shape index (κ3) is 2.52. The number of benzene rings is 1. The fourth-order valence-corrected chi connectivity index (χ4v) is 1.81. The minimum absolute atomic E-state index is 0.164. The number of nitrogens with zero attached hydrogens (tertiary/aromatic N) is 1. The van der Waals surface area contributed by atoms with Crippen LogP contribution < -0.4 is 5.73 Å². The first-order valence-electron chi connectivity index (χ1n) is 5.74. The van der Waals surface area contributed by atoms with Crippen LogP contribution >= 0.6 is 0 Å². The predicted molar refractivity (Wildman–Crippen MR) is 67.2 cm³/mol. The number of hydrogen-bond acceptors (Lipinski definition) is 1. The van der Waals surface area contributed by atoms with E-state index in [-0.39, 0.29) is 6.04 Å². The fraction of sp³-hybridized carbons (Fsp3) is 0.286. The molecule has 16 heavy (non-hydrogen) atoms. The zero-order valence-electron chi connectivity index (χ0n) is 9.63. The molecule has 1 aromatic carbocycles. The topological polar surface area (TPSA) is 30.9 Å². The van der Waals surface area contributed by atoms with Crippen molar-refractivity contribution in [2.45, 2.75) is 25.9 Å². The lowest BCUT2D eigenvalue weighted by atomic mass is 10.1. The third-order valence-corrected chi connectivity index (χ3v) is 2.85. The summed E-state index contributed by atoms with van der Waals surface area (Å²) in [5.74, 6) is 0. The minimum Gasteiger partial charge on any atom is -0.350 e. The summed E-state index contributed by atoms with van der Waals surface area (Å²) in [7, 11) is 0. The van der Waals surface area contributed by atoms with Gasteiger partial charge in [0.15, 0.2) is 0 Å². The van der Waals surface area contributed by atoms with Crippen LogP contribution in [-0.4, -0.2) is 4.57 Å². The maximum absolute atomic E-state index is 5.99. The van der Waals surface area contributed by atoms with Crippen LogP contribution in [0.5, 0.6) is 0 Å². The summed E-state index contributed by atoms with van der Waals surface area (Å²) < 4.78 is 2.18. The third-order valence-electron chi connectivity index (χ3n) is 2.85. The van der Waals surface area contributed by atoms with E-state index < -0.39 is 0 Å². The SMILES string of the molecule is CC[C@@H](N)c1ccn(Cc2ccccc2)c1. The average molecular weight is 214 g/mol. The summed E-state index contributed by atoms with van der Waals surface area (Å²) in [6.07, 6.45) is 5.22. The Morgan fingerprint density at radius 2 is 1.94 bits per heavy atom. The number of nitrogens with two attached hydrogens (primary N) is 1. The van der Waals surface area contributed by atoms with E-state index in [1.165, 1.54) is 11.1 Å². The molecule has 0 radical (unpaired) electrons. The van der Waals surface area contributed by atoms with Gasteiger partial charge in [0.25, 0.3) is 0 Å².